The molecule has 0 unspecified atom stereocenters. The fourth-order valence-corrected chi connectivity index (χ4v) is 1.49. The summed E-state index contributed by atoms with van der Waals surface area (Å²) in [5.74, 6) is 0.109. The monoisotopic (exact) mass is 219 g/mol. The molecule has 1 saturated carbocycles. The first-order chi connectivity index (χ1) is 7.84. The number of pyridine rings is 1. The summed E-state index contributed by atoms with van der Waals surface area (Å²) in [5, 5.41) is 6.08. The van der Waals surface area contributed by atoms with Crippen LogP contribution < -0.4 is 10.6 Å². The van der Waals surface area contributed by atoms with Crippen LogP contribution in [0.2, 0.25) is 0 Å². The summed E-state index contributed by atoms with van der Waals surface area (Å²) >= 11 is 0. The van der Waals surface area contributed by atoms with Gasteiger partial charge in [-0.15, -0.1) is 0 Å². The molecule has 4 nitrogen and oxygen atoms in total. The molecule has 0 spiro atoms. The molecule has 1 aliphatic carbocycles. The summed E-state index contributed by atoms with van der Waals surface area (Å²) in [4.78, 5) is 15.3. The zero-order valence-electron chi connectivity index (χ0n) is 9.28. The zero-order chi connectivity index (χ0) is 11.2. The van der Waals surface area contributed by atoms with E-state index in [0.717, 1.165) is 25.8 Å². The van der Waals surface area contributed by atoms with Crippen LogP contribution in [0.25, 0.3) is 0 Å². The minimum Gasteiger partial charge on any atom is -0.352 e. The molecule has 0 aromatic carbocycles. The van der Waals surface area contributed by atoms with E-state index in [4.69, 9.17) is 0 Å². The molecule has 86 valence electrons. The van der Waals surface area contributed by atoms with Crippen molar-refractivity contribution in [3.05, 3.63) is 30.1 Å². The van der Waals surface area contributed by atoms with Crippen molar-refractivity contribution in [2.75, 3.05) is 13.1 Å². The van der Waals surface area contributed by atoms with E-state index < -0.39 is 0 Å². The molecule has 1 fully saturated rings. The number of aromatic nitrogens is 1. The molecular weight excluding hydrogens is 202 g/mol. The summed E-state index contributed by atoms with van der Waals surface area (Å²) in [6, 6.07) is 4.44. The van der Waals surface area contributed by atoms with E-state index >= 15 is 0 Å². The smallest absolute Gasteiger partial charge is 0.234 e. The van der Waals surface area contributed by atoms with Crippen molar-refractivity contribution < 1.29 is 4.79 Å². The van der Waals surface area contributed by atoms with Gasteiger partial charge >= 0.3 is 0 Å². The Morgan fingerprint density at radius 2 is 2.12 bits per heavy atom. The lowest BCUT2D eigenvalue weighted by molar-refractivity contribution is -0.120. The minimum absolute atomic E-state index is 0.109. The van der Waals surface area contributed by atoms with Crippen molar-refractivity contribution in [3.8, 4) is 0 Å². The van der Waals surface area contributed by atoms with Gasteiger partial charge in [0.05, 0.1) is 6.54 Å². The highest BCUT2D eigenvalue weighted by Crippen LogP contribution is 2.18. The lowest BCUT2D eigenvalue weighted by atomic mass is 10.2. The van der Waals surface area contributed by atoms with Crippen molar-refractivity contribution in [1.82, 2.24) is 15.6 Å². The molecule has 16 heavy (non-hydrogen) atoms. The lowest BCUT2D eigenvalue weighted by Crippen LogP contribution is -2.35. The number of hydrogen-bond acceptors (Lipinski definition) is 3. The average molecular weight is 219 g/mol. The van der Waals surface area contributed by atoms with Gasteiger partial charge in [-0.25, -0.2) is 0 Å². The van der Waals surface area contributed by atoms with Crippen LogP contribution in [-0.4, -0.2) is 30.0 Å². The molecule has 1 aromatic rings. The van der Waals surface area contributed by atoms with Gasteiger partial charge in [-0.05, 0) is 43.5 Å². The Morgan fingerprint density at radius 1 is 1.38 bits per heavy atom. The third-order valence-electron chi connectivity index (χ3n) is 2.57. The maximum absolute atomic E-state index is 11.3. The SMILES string of the molecule is O=C(CNCCc1ccncc1)NC1CC1. The second kappa shape index (κ2) is 5.61. The summed E-state index contributed by atoms with van der Waals surface area (Å²) < 4.78 is 0. The van der Waals surface area contributed by atoms with Crippen molar-refractivity contribution >= 4 is 5.91 Å². The normalized spacial score (nSPS) is 14.8. The van der Waals surface area contributed by atoms with E-state index in [1.807, 2.05) is 12.1 Å². The van der Waals surface area contributed by atoms with Gasteiger partial charge < -0.3 is 10.6 Å². The van der Waals surface area contributed by atoms with Gasteiger partial charge in [0.25, 0.3) is 0 Å². The third-order valence-corrected chi connectivity index (χ3v) is 2.57. The maximum atomic E-state index is 11.3. The number of nitrogens with one attached hydrogen (secondary N) is 2. The summed E-state index contributed by atoms with van der Waals surface area (Å²) in [6.07, 6.45) is 6.79. The number of amides is 1. The van der Waals surface area contributed by atoms with E-state index in [2.05, 4.69) is 15.6 Å². The highest BCUT2D eigenvalue weighted by Gasteiger charge is 2.22. The molecule has 2 rings (SSSR count). The van der Waals surface area contributed by atoms with Crippen LogP contribution in [0.15, 0.2) is 24.5 Å². The fraction of sp³-hybridized carbons (Fsp3) is 0.500. The fourth-order valence-electron chi connectivity index (χ4n) is 1.49. The largest absolute Gasteiger partial charge is 0.352 e. The number of carbonyl (C=O) groups excluding carboxylic acids is 1. The van der Waals surface area contributed by atoms with Crippen LogP contribution in [0, 0.1) is 0 Å². The van der Waals surface area contributed by atoms with Gasteiger partial charge in [0, 0.05) is 18.4 Å². The van der Waals surface area contributed by atoms with Crippen molar-refractivity contribution in [1.29, 1.82) is 0 Å². The molecule has 0 atom stereocenters. The van der Waals surface area contributed by atoms with Gasteiger partial charge in [-0.3, -0.25) is 9.78 Å². The topological polar surface area (TPSA) is 54.0 Å². The predicted molar refractivity (Wildman–Crippen MR) is 62.0 cm³/mol. The second-order valence-electron chi connectivity index (χ2n) is 4.12. The Morgan fingerprint density at radius 3 is 2.81 bits per heavy atom. The van der Waals surface area contributed by atoms with Crippen LogP contribution in [0.1, 0.15) is 18.4 Å². The Bertz CT molecular complexity index is 335. The van der Waals surface area contributed by atoms with E-state index in [1.165, 1.54) is 5.56 Å². The third kappa shape index (κ3) is 3.98. The van der Waals surface area contributed by atoms with Crippen LogP contribution >= 0.6 is 0 Å². The summed E-state index contributed by atoms with van der Waals surface area (Å²) in [5.41, 5.74) is 1.24. The molecule has 0 saturated heterocycles. The van der Waals surface area contributed by atoms with E-state index in [9.17, 15) is 4.79 Å². The molecular formula is C12H17N3O. The molecule has 0 bridgehead atoms. The standard InChI is InChI=1S/C12H17N3O/c16-12(15-11-1-2-11)9-14-8-5-10-3-6-13-7-4-10/h3-4,6-7,11,14H,1-2,5,8-9H2,(H,15,16). The Labute approximate surface area is 95.5 Å². The molecule has 1 amide bonds. The highest BCUT2D eigenvalue weighted by atomic mass is 16.2. The average Bonchev–Trinajstić information content (AvgIpc) is 3.10. The summed E-state index contributed by atoms with van der Waals surface area (Å²) in [7, 11) is 0. The summed E-state index contributed by atoms with van der Waals surface area (Å²) in [6.45, 7) is 1.24. The van der Waals surface area contributed by atoms with Crippen LogP contribution in [0.3, 0.4) is 0 Å². The zero-order valence-corrected chi connectivity index (χ0v) is 9.28. The molecule has 2 N–H and O–H groups in total. The van der Waals surface area contributed by atoms with E-state index in [0.29, 0.717) is 12.6 Å². The highest BCUT2D eigenvalue weighted by molar-refractivity contribution is 5.78. The van der Waals surface area contributed by atoms with E-state index in [-0.39, 0.29) is 5.91 Å². The molecule has 1 aliphatic rings. The first-order valence-corrected chi connectivity index (χ1v) is 5.73. The molecule has 1 aromatic heterocycles. The first kappa shape index (κ1) is 11.1. The number of nitrogens with zero attached hydrogens (tertiary/aromatic N) is 1. The Balaban J connectivity index is 1.56. The predicted octanol–water partition coefficient (Wildman–Crippen LogP) is 0.492. The van der Waals surface area contributed by atoms with Gasteiger partial charge in [0.1, 0.15) is 0 Å². The second-order valence-corrected chi connectivity index (χ2v) is 4.12. The number of carbonyl (C=O) groups is 1. The van der Waals surface area contributed by atoms with Gasteiger partial charge in [0.2, 0.25) is 5.91 Å². The van der Waals surface area contributed by atoms with Gasteiger partial charge in [-0.2, -0.15) is 0 Å². The maximum Gasteiger partial charge on any atom is 0.234 e. The number of rotatable bonds is 6. The molecule has 0 aliphatic heterocycles. The number of hydrogen-bond donors (Lipinski definition) is 2. The first-order valence-electron chi connectivity index (χ1n) is 5.73. The molecule has 0 radical (unpaired) electrons. The van der Waals surface area contributed by atoms with Crippen LogP contribution in [-0.2, 0) is 11.2 Å². The van der Waals surface area contributed by atoms with Gasteiger partial charge in [0.15, 0.2) is 0 Å². The lowest BCUT2D eigenvalue weighted by Gasteiger charge is -2.05. The Kier molecular flexibility index (Phi) is 3.88. The Hall–Kier alpha value is -1.42. The van der Waals surface area contributed by atoms with E-state index in [1.54, 1.807) is 12.4 Å². The van der Waals surface area contributed by atoms with Crippen LogP contribution in [0.4, 0.5) is 0 Å². The minimum atomic E-state index is 0.109. The molecule has 1 heterocycles. The van der Waals surface area contributed by atoms with Gasteiger partial charge in [-0.1, -0.05) is 0 Å². The van der Waals surface area contributed by atoms with Crippen molar-refractivity contribution in [2.45, 2.75) is 25.3 Å². The van der Waals surface area contributed by atoms with Crippen molar-refractivity contribution in [3.63, 3.8) is 0 Å². The van der Waals surface area contributed by atoms with Crippen molar-refractivity contribution in [2.24, 2.45) is 0 Å². The quantitative estimate of drug-likeness (QED) is 0.685. The van der Waals surface area contributed by atoms with Crippen LogP contribution in [0.5, 0.6) is 0 Å². The molecule has 4 heteroatoms.